The van der Waals surface area contributed by atoms with E-state index in [0.29, 0.717) is 44.5 Å². The van der Waals surface area contributed by atoms with Gasteiger partial charge < -0.3 is 14.7 Å². The van der Waals surface area contributed by atoms with Crippen molar-refractivity contribution in [1.82, 2.24) is 4.90 Å². The van der Waals surface area contributed by atoms with Crippen LogP contribution >= 0.6 is 0 Å². The summed E-state index contributed by atoms with van der Waals surface area (Å²) >= 11 is 0. The fourth-order valence-electron chi connectivity index (χ4n) is 3.71. The number of likely N-dealkylation sites (tertiary alicyclic amines) is 1. The average molecular weight is 348 g/mol. The number of benzene rings is 1. The highest BCUT2D eigenvalue weighted by Gasteiger charge is 2.40. The van der Waals surface area contributed by atoms with Gasteiger partial charge >= 0.3 is 5.97 Å². The molecule has 2 saturated heterocycles. The van der Waals surface area contributed by atoms with Crippen molar-refractivity contribution in [1.29, 1.82) is 0 Å². The minimum atomic E-state index is -0.822. The lowest BCUT2D eigenvalue weighted by Gasteiger charge is -2.35. The maximum absolute atomic E-state index is 12.6. The Kier molecular flexibility index (Phi) is 4.98. The van der Waals surface area contributed by atoms with Crippen LogP contribution in [0.4, 0.5) is 5.69 Å². The van der Waals surface area contributed by atoms with Crippen LogP contribution in [0.5, 0.6) is 0 Å². The number of nitrogens with zero attached hydrogens (tertiary/aromatic N) is 2. The number of carbonyl (C=O) groups excluding carboxylic acids is 1. The number of hydrogen-bond donors (Lipinski definition) is 1. The molecule has 1 unspecified atom stereocenters. The van der Waals surface area contributed by atoms with Gasteiger partial charge in [-0.25, -0.2) is 0 Å². The van der Waals surface area contributed by atoms with Gasteiger partial charge in [-0.15, -0.1) is 0 Å². The number of nitro groups is 1. The minimum Gasteiger partial charge on any atom is -0.481 e. The summed E-state index contributed by atoms with van der Waals surface area (Å²) in [6.45, 7) is 1.46. The first-order valence-electron chi connectivity index (χ1n) is 8.35. The number of hydrogen-bond acceptors (Lipinski definition) is 5. The number of piperidine rings is 1. The van der Waals surface area contributed by atoms with Gasteiger partial charge in [0.25, 0.3) is 11.6 Å². The highest BCUT2D eigenvalue weighted by Crippen LogP contribution is 2.33. The number of aliphatic carboxylic acids is 1. The van der Waals surface area contributed by atoms with E-state index < -0.39 is 16.8 Å². The Balaban J connectivity index is 1.62. The topological polar surface area (TPSA) is 110 Å². The zero-order valence-electron chi connectivity index (χ0n) is 13.7. The second-order valence-electron chi connectivity index (χ2n) is 6.51. The second kappa shape index (κ2) is 7.18. The lowest BCUT2D eigenvalue weighted by Crippen LogP contribution is -2.43. The molecule has 3 rings (SSSR count). The molecular formula is C17H20N2O6. The molecule has 0 aromatic heterocycles. The SMILES string of the molecule is O=C(O)C1CCO[C@H]1C1CCN(C(=O)c2cccc([N+](=O)[O-])c2)CC1. The monoisotopic (exact) mass is 348 g/mol. The van der Waals surface area contributed by atoms with E-state index in [1.807, 2.05) is 0 Å². The quantitative estimate of drug-likeness (QED) is 0.658. The van der Waals surface area contributed by atoms with Crippen LogP contribution in [0.25, 0.3) is 0 Å². The molecule has 1 aromatic rings. The van der Waals surface area contributed by atoms with E-state index in [2.05, 4.69) is 0 Å². The molecule has 0 bridgehead atoms. The van der Waals surface area contributed by atoms with Gasteiger partial charge in [-0.2, -0.15) is 0 Å². The second-order valence-corrected chi connectivity index (χ2v) is 6.51. The van der Waals surface area contributed by atoms with E-state index in [1.54, 1.807) is 11.0 Å². The first-order valence-corrected chi connectivity index (χ1v) is 8.35. The Hall–Kier alpha value is -2.48. The standard InChI is InChI=1S/C17H20N2O6/c20-16(12-2-1-3-13(10-12)19(23)24)18-7-4-11(5-8-18)15-14(17(21)22)6-9-25-15/h1-3,10-11,14-15H,4-9H2,(H,21,22)/t14?,15-/m0/s1. The number of rotatable bonds is 4. The summed E-state index contributed by atoms with van der Waals surface area (Å²) in [6.07, 6.45) is 1.60. The molecular weight excluding hydrogens is 328 g/mol. The van der Waals surface area contributed by atoms with Gasteiger partial charge in [0, 0.05) is 37.4 Å². The molecule has 0 spiro atoms. The number of amides is 1. The third-order valence-electron chi connectivity index (χ3n) is 5.05. The van der Waals surface area contributed by atoms with Crippen molar-refractivity contribution in [2.75, 3.05) is 19.7 Å². The minimum absolute atomic E-state index is 0.107. The van der Waals surface area contributed by atoms with E-state index in [0.717, 1.165) is 0 Å². The molecule has 8 nitrogen and oxygen atoms in total. The Morgan fingerprint density at radius 1 is 1.24 bits per heavy atom. The molecule has 0 radical (unpaired) electrons. The van der Waals surface area contributed by atoms with Crippen LogP contribution in [0.15, 0.2) is 24.3 Å². The van der Waals surface area contributed by atoms with E-state index in [-0.39, 0.29) is 23.6 Å². The zero-order valence-corrected chi connectivity index (χ0v) is 13.7. The number of carboxylic acids is 1. The molecule has 1 N–H and O–H groups in total. The molecule has 2 atom stereocenters. The molecule has 1 amide bonds. The Morgan fingerprint density at radius 2 is 1.96 bits per heavy atom. The van der Waals surface area contributed by atoms with E-state index in [1.165, 1.54) is 18.2 Å². The van der Waals surface area contributed by atoms with Gasteiger partial charge in [-0.05, 0) is 31.2 Å². The maximum Gasteiger partial charge on any atom is 0.309 e. The fraction of sp³-hybridized carbons (Fsp3) is 0.529. The van der Waals surface area contributed by atoms with Crippen molar-refractivity contribution in [2.45, 2.75) is 25.4 Å². The molecule has 0 aliphatic carbocycles. The summed E-state index contributed by atoms with van der Waals surface area (Å²) in [5.74, 6) is -1.40. The van der Waals surface area contributed by atoms with Gasteiger partial charge in [0.2, 0.25) is 0 Å². The predicted octanol–water partition coefficient (Wildman–Crippen LogP) is 1.94. The van der Waals surface area contributed by atoms with E-state index in [4.69, 9.17) is 4.74 Å². The third kappa shape index (κ3) is 3.63. The van der Waals surface area contributed by atoms with Gasteiger partial charge in [-0.1, -0.05) is 6.07 Å². The summed E-state index contributed by atoms with van der Waals surface area (Å²) in [5, 5.41) is 20.1. The van der Waals surface area contributed by atoms with Crippen LogP contribution in [0, 0.1) is 22.0 Å². The Bertz CT molecular complexity index is 683. The van der Waals surface area contributed by atoms with E-state index >= 15 is 0 Å². The van der Waals surface area contributed by atoms with Gasteiger partial charge in [0.1, 0.15) is 0 Å². The molecule has 134 valence electrons. The van der Waals surface area contributed by atoms with Crippen molar-refractivity contribution in [2.24, 2.45) is 11.8 Å². The third-order valence-corrected chi connectivity index (χ3v) is 5.05. The molecule has 8 heteroatoms. The van der Waals surface area contributed by atoms with E-state index in [9.17, 15) is 24.8 Å². The summed E-state index contributed by atoms with van der Waals surface area (Å²) in [7, 11) is 0. The van der Waals surface area contributed by atoms with Crippen molar-refractivity contribution >= 4 is 17.6 Å². The summed E-state index contributed by atoms with van der Waals surface area (Å²) < 4.78 is 5.63. The number of nitro benzene ring substituents is 1. The zero-order chi connectivity index (χ0) is 18.0. The van der Waals surface area contributed by atoms with Gasteiger partial charge in [-0.3, -0.25) is 19.7 Å². The Labute approximate surface area is 144 Å². The lowest BCUT2D eigenvalue weighted by atomic mass is 9.84. The number of carboxylic acid groups (broad SMARTS) is 1. The molecule has 25 heavy (non-hydrogen) atoms. The van der Waals surface area contributed by atoms with Crippen LogP contribution in [-0.4, -0.2) is 52.6 Å². The molecule has 2 fully saturated rings. The number of ether oxygens (including phenoxy) is 1. The highest BCUT2D eigenvalue weighted by atomic mass is 16.6. The molecule has 2 aliphatic heterocycles. The highest BCUT2D eigenvalue weighted by molar-refractivity contribution is 5.94. The van der Waals surface area contributed by atoms with Crippen molar-refractivity contribution in [3.8, 4) is 0 Å². The van der Waals surface area contributed by atoms with Crippen LogP contribution < -0.4 is 0 Å². The molecule has 0 saturated carbocycles. The largest absolute Gasteiger partial charge is 0.481 e. The fourth-order valence-corrected chi connectivity index (χ4v) is 3.71. The van der Waals surface area contributed by atoms with Crippen LogP contribution in [0.3, 0.4) is 0 Å². The van der Waals surface area contributed by atoms with Crippen molar-refractivity contribution in [3.63, 3.8) is 0 Å². The number of carbonyl (C=O) groups is 2. The maximum atomic E-state index is 12.6. The Morgan fingerprint density at radius 3 is 2.60 bits per heavy atom. The molecule has 2 aliphatic rings. The lowest BCUT2D eigenvalue weighted by molar-refractivity contribution is -0.384. The van der Waals surface area contributed by atoms with Crippen LogP contribution in [0.1, 0.15) is 29.6 Å². The van der Waals surface area contributed by atoms with Crippen LogP contribution in [0.2, 0.25) is 0 Å². The normalized spacial score (nSPS) is 24.2. The molecule has 1 aromatic carbocycles. The van der Waals surface area contributed by atoms with Gasteiger partial charge in [0.05, 0.1) is 16.9 Å². The smallest absolute Gasteiger partial charge is 0.309 e. The summed E-state index contributed by atoms with van der Waals surface area (Å²) in [4.78, 5) is 35.8. The summed E-state index contributed by atoms with van der Waals surface area (Å²) in [5.41, 5.74) is 0.192. The summed E-state index contributed by atoms with van der Waals surface area (Å²) in [6, 6.07) is 5.71. The average Bonchev–Trinajstić information content (AvgIpc) is 3.11. The van der Waals surface area contributed by atoms with Crippen molar-refractivity contribution < 1.29 is 24.4 Å². The molecule has 2 heterocycles. The van der Waals surface area contributed by atoms with Gasteiger partial charge in [0.15, 0.2) is 0 Å². The van der Waals surface area contributed by atoms with Crippen molar-refractivity contribution in [3.05, 3.63) is 39.9 Å². The number of non-ortho nitro benzene ring substituents is 1. The first kappa shape index (κ1) is 17.3. The first-order chi connectivity index (χ1) is 12.0. The predicted molar refractivity (Wildman–Crippen MR) is 87.2 cm³/mol. The van der Waals surface area contributed by atoms with Crippen LogP contribution in [-0.2, 0) is 9.53 Å².